The van der Waals surface area contributed by atoms with Crippen molar-refractivity contribution in [1.29, 1.82) is 0 Å². The van der Waals surface area contributed by atoms with Gasteiger partial charge in [-0.25, -0.2) is 0 Å². The van der Waals surface area contributed by atoms with E-state index >= 15 is 0 Å². The van der Waals surface area contributed by atoms with E-state index < -0.39 is 0 Å². The molecule has 0 spiro atoms. The minimum Gasteiger partial charge on any atom is -0.301 e. The van der Waals surface area contributed by atoms with Crippen LogP contribution in [-0.2, 0) is 15.9 Å². The summed E-state index contributed by atoms with van der Waals surface area (Å²) in [5.74, 6) is 0. The molecule has 18 heavy (non-hydrogen) atoms. The van der Waals surface area contributed by atoms with Crippen LogP contribution in [0.4, 0.5) is 5.69 Å². The number of hydrogen-bond acceptors (Lipinski definition) is 4. The zero-order valence-corrected chi connectivity index (χ0v) is 11.4. The maximum absolute atomic E-state index is 10.9. The highest BCUT2D eigenvalue weighted by Crippen LogP contribution is 2.49. The lowest BCUT2D eigenvalue weighted by atomic mass is 9.90. The molecule has 1 aromatic rings. The zero-order chi connectivity index (χ0) is 13.7. The first-order valence-corrected chi connectivity index (χ1v) is 5.86. The largest absolute Gasteiger partial charge is 0.301 e. The fourth-order valence-electron chi connectivity index (χ4n) is 3.06. The Hall–Kier alpha value is -1.46. The van der Waals surface area contributed by atoms with Crippen LogP contribution in [0.3, 0.4) is 0 Å². The van der Waals surface area contributed by atoms with Gasteiger partial charge in [-0.15, -0.1) is 0 Å². The molecule has 5 heteroatoms. The van der Waals surface area contributed by atoms with Crippen molar-refractivity contribution in [3.8, 4) is 0 Å². The molecule has 0 aliphatic carbocycles. The molecule has 1 aliphatic rings. The molecular weight excluding hydrogens is 232 g/mol. The highest BCUT2D eigenvalue weighted by atomic mass is 16.7. The first kappa shape index (κ1) is 13.0. The van der Waals surface area contributed by atoms with E-state index in [0.29, 0.717) is 0 Å². The lowest BCUT2D eigenvalue weighted by Crippen LogP contribution is -2.44. The molecule has 0 saturated carbocycles. The molecule has 1 heterocycles. The van der Waals surface area contributed by atoms with Crippen molar-refractivity contribution in [3.05, 3.63) is 39.4 Å². The van der Waals surface area contributed by atoms with Gasteiger partial charge in [0.1, 0.15) is 0 Å². The number of benzene rings is 1. The summed E-state index contributed by atoms with van der Waals surface area (Å²) in [5, 5.41) is 12.8. The summed E-state index contributed by atoms with van der Waals surface area (Å²) in [4.78, 5) is 16.0. The predicted molar refractivity (Wildman–Crippen MR) is 68.0 cm³/mol. The molecule has 0 unspecified atom stereocenters. The molecule has 0 saturated heterocycles. The first-order valence-electron chi connectivity index (χ1n) is 5.86. The van der Waals surface area contributed by atoms with Crippen molar-refractivity contribution in [1.82, 2.24) is 5.06 Å². The van der Waals surface area contributed by atoms with Crippen molar-refractivity contribution in [2.24, 2.45) is 0 Å². The quantitative estimate of drug-likeness (QED) is 0.598. The molecule has 98 valence electrons. The molecule has 0 amide bonds. The molecule has 0 N–H and O–H groups in total. The number of fused-ring (bicyclic) bond motifs is 1. The monoisotopic (exact) mass is 250 g/mol. The minimum atomic E-state index is -0.389. The number of nitrogens with zero attached hydrogens (tertiary/aromatic N) is 2. The SMILES string of the molecule is CON1C(C)(C)c2ccc([N+](=O)[O-])cc2C1(C)C. The molecular formula is C13H18N2O3. The van der Waals surface area contributed by atoms with Crippen LogP contribution in [0.25, 0.3) is 0 Å². The van der Waals surface area contributed by atoms with Gasteiger partial charge in [0.2, 0.25) is 0 Å². The first-order chi connectivity index (χ1) is 8.22. The van der Waals surface area contributed by atoms with Crippen LogP contribution in [-0.4, -0.2) is 17.1 Å². The summed E-state index contributed by atoms with van der Waals surface area (Å²) in [6.45, 7) is 8.12. The predicted octanol–water partition coefficient (Wildman–Crippen LogP) is 2.94. The molecule has 2 rings (SSSR count). The van der Waals surface area contributed by atoms with E-state index in [1.165, 1.54) is 0 Å². The molecule has 0 atom stereocenters. The number of hydrogen-bond donors (Lipinski definition) is 0. The van der Waals surface area contributed by atoms with Crippen molar-refractivity contribution in [2.45, 2.75) is 38.8 Å². The molecule has 0 fully saturated rings. The summed E-state index contributed by atoms with van der Waals surface area (Å²) >= 11 is 0. The third kappa shape index (κ3) is 1.54. The van der Waals surface area contributed by atoms with Gasteiger partial charge in [0.25, 0.3) is 5.69 Å². The second kappa shape index (κ2) is 3.76. The molecule has 0 aromatic heterocycles. The fourth-order valence-corrected chi connectivity index (χ4v) is 3.06. The fraction of sp³-hybridized carbons (Fsp3) is 0.538. The summed E-state index contributed by atoms with van der Waals surface area (Å²) in [7, 11) is 1.63. The average Bonchev–Trinajstić information content (AvgIpc) is 2.42. The van der Waals surface area contributed by atoms with E-state index in [2.05, 4.69) is 13.8 Å². The maximum atomic E-state index is 10.9. The summed E-state index contributed by atoms with van der Waals surface area (Å²) in [6, 6.07) is 5.03. The van der Waals surface area contributed by atoms with E-state index in [9.17, 15) is 10.1 Å². The smallest absolute Gasteiger partial charge is 0.269 e. The Kier molecular flexibility index (Phi) is 2.72. The Morgan fingerprint density at radius 3 is 2.22 bits per heavy atom. The van der Waals surface area contributed by atoms with Gasteiger partial charge >= 0.3 is 0 Å². The van der Waals surface area contributed by atoms with E-state index in [-0.39, 0.29) is 21.7 Å². The Bertz CT molecular complexity index is 509. The van der Waals surface area contributed by atoms with Gasteiger partial charge < -0.3 is 4.84 Å². The van der Waals surface area contributed by atoms with E-state index in [0.717, 1.165) is 11.1 Å². The third-order valence-electron chi connectivity index (χ3n) is 3.73. The molecule has 0 bridgehead atoms. The highest BCUT2D eigenvalue weighted by Gasteiger charge is 2.50. The lowest BCUT2D eigenvalue weighted by Gasteiger charge is -2.38. The van der Waals surface area contributed by atoms with Crippen molar-refractivity contribution < 1.29 is 9.76 Å². The van der Waals surface area contributed by atoms with Crippen LogP contribution in [0.15, 0.2) is 18.2 Å². The number of rotatable bonds is 2. The topological polar surface area (TPSA) is 55.6 Å². The number of nitro groups is 1. The van der Waals surface area contributed by atoms with Gasteiger partial charge in [-0.05, 0) is 44.9 Å². The van der Waals surface area contributed by atoms with Gasteiger partial charge in [0, 0.05) is 12.1 Å². The molecule has 0 radical (unpaired) electrons. The summed E-state index contributed by atoms with van der Waals surface area (Å²) in [6.07, 6.45) is 0. The van der Waals surface area contributed by atoms with E-state index in [1.54, 1.807) is 19.2 Å². The third-order valence-corrected chi connectivity index (χ3v) is 3.73. The van der Waals surface area contributed by atoms with Crippen LogP contribution >= 0.6 is 0 Å². The second-order valence-corrected chi connectivity index (χ2v) is 5.58. The van der Waals surface area contributed by atoms with Crippen molar-refractivity contribution in [2.75, 3.05) is 7.11 Å². The van der Waals surface area contributed by atoms with Crippen LogP contribution < -0.4 is 0 Å². The lowest BCUT2D eigenvalue weighted by molar-refractivity contribution is -0.385. The Morgan fingerprint density at radius 2 is 1.72 bits per heavy atom. The maximum Gasteiger partial charge on any atom is 0.269 e. The van der Waals surface area contributed by atoms with Crippen molar-refractivity contribution in [3.63, 3.8) is 0 Å². The number of non-ortho nitro benzene ring substituents is 1. The van der Waals surface area contributed by atoms with Gasteiger partial charge in [0.05, 0.1) is 23.1 Å². The van der Waals surface area contributed by atoms with Gasteiger partial charge in [-0.2, -0.15) is 5.06 Å². The number of hydroxylamine groups is 2. The molecule has 1 aromatic carbocycles. The molecule has 1 aliphatic heterocycles. The minimum absolute atomic E-state index is 0.121. The Morgan fingerprint density at radius 1 is 1.17 bits per heavy atom. The Labute approximate surface area is 106 Å². The Balaban J connectivity index is 2.67. The van der Waals surface area contributed by atoms with Gasteiger partial charge in [-0.3, -0.25) is 10.1 Å². The standard InChI is InChI=1S/C13H18N2O3/c1-12(2)10-7-6-9(14(16)17)8-11(10)13(3,4)15(12)18-5/h6-8H,1-5H3. The highest BCUT2D eigenvalue weighted by molar-refractivity contribution is 5.49. The van der Waals surface area contributed by atoms with Crippen LogP contribution in [0.2, 0.25) is 0 Å². The normalized spacial score (nSPS) is 20.7. The number of nitro benzene ring substituents is 1. The molecule has 5 nitrogen and oxygen atoms in total. The average molecular weight is 250 g/mol. The van der Waals surface area contributed by atoms with Gasteiger partial charge in [-0.1, -0.05) is 0 Å². The van der Waals surface area contributed by atoms with Crippen LogP contribution in [0.5, 0.6) is 0 Å². The second-order valence-electron chi connectivity index (χ2n) is 5.58. The van der Waals surface area contributed by atoms with Crippen LogP contribution in [0, 0.1) is 10.1 Å². The summed E-state index contributed by atoms with van der Waals surface area (Å²) in [5.41, 5.74) is 1.45. The van der Waals surface area contributed by atoms with E-state index in [1.807, 2.05) is 25.0 Å². The summed E-state index contributed by atoms with van der Waals surface area (Å²) < 4.78 is 0. The van der Waals surface area contributed by atoms with E-state index in [4.69, 9.17) is 4.84 Å². The zero-order valence-electron chi connectivity index (χ0n) is 11.4. The van der Waals surface area contributed by atoms with Gasteiger partial charge in [0.15, 0.2) is 0 Å². The van der Waals surface area contributed by atoms with Crippen molar-refractivity contribution >= 4 is 5.69 Å². The van der Waals surface area contributed by atoms with Crippen LogP contribution in [0.1, 0.15) is 38.8 Å².